The molecular formula is C33H42O6. The fourth-order valence-electron chi connectivity index (χ4n) is 6.67. The summed E-state index contributed by atoms with van der Waals surface area (Å²) in [5.41, 5.74) is -5.12. The molecule has 1 aliphatic heterocycles. The largest absolute Gasteiger partial charge is 0.490 e. The number of carbonyl (C=O) groups is 3. The van der Waals surface area contributed by atoms with Crippen molar-refractivity contribution in [1.29, 1.82) is 0 Å². The molecule has 2 fully saturated rings. The molecule has 2 aliphatic carbocycles. The van der Waals surface area contributed by atoms with E-state index in [0.29, 0.717) is 23.3 Å². The van der Waals surface area contributed by atoms with Crippen LogP contribution < -0.4 is 0 Å². The molecule has 4 atom stereocenters. The average molecular weight is 535 g/mol. The lowest BCUT2D eigenvalue weighted by atomic mass is 9.40. The van der Waals surface area contributed by atoms with Gasteiger partial charge in [-0.3, -0.25) is 14.4 Å². The van der Waals surface area contributed by atoms with Gasteiger partial charge in [-0.1, -0.05) is 68.0 Å². The van der Waals surface area contributed by atoms with E-state index >= 15 is 0 Å². The fourth-order valence-corrected chi connectivity index (χ4v) is 6.67. The second-order valence-electron chi connectivity index (χ2n) is 13.5. The van der Waals surface area contributed by atoms with Gasteiger partial charge in [-0.15, -0.1) is 0 Å². The number of ether oxygens (including phenoxy) is 1. The molecule has 4 rings (SSSR count). The van der Waals surface area contributed by atoms with E-state index in [1.807, 2.05) is 39.8 Å². The van der Waals surface area contributed by atoms with Crippen LogP contribution in [0.25, 0.3) is 0 Å². The molecule has 0 amide bonds. The number of allylic oxidation sites excluding steroid dienone is 5. The number of Topliss-reactive ketones (excluding diaryl/α,β-unsaturated/α-hetero) is 3. The number of rotatable bonds is 7. The molecule has 4 unspecified atom stereocenters. The van der Waals surface area contributed by atoms with Crippen LogP contribution in [0.15, 0.2) is 65.5 Å². The van der Waals surface area contributed by atoms with Crippen LogP contribution in [0, 0.1) is 22.2 Å². The summed E-state index contributed by atoms with van der Waals surface area (Å²) < 4.78 is 6.36. The molecule has 2 N–H and O–H groups in total. The van der Waals surface area contributed by atoms with Crippen molar-refractivity contribution >= 4 is 17.3 Å². The summed E-state index contributed by atoms with van der Waals surface area (Å²) in [6, 6.07) is 8.55. The zero-order chi connectivity index (χ0) is 29.2. The average Bonchev–Trinajstić information content (AvgIpc) is 3.21. The Morgan fingerprint density at radius 1 is 1.05 bits per heavy atom. The van der Waals surface area contributed by atoms with E-state index in [1.165, 1.54) is 0 Å². The Kier molecular flexibility index (Phi) is 7.01. The molecule has 210 valence electrons. The van der Waals surface area contributed by atoms with Crippen LogP contribution in [-0.4, -0.2) is 44.9 Å². The molecule has 6 heteroatoms. The van der Waals surface area contributed by atoms with E-state index in [9.17, 15) is 24.6 Å². The van der Waals surface area contributed by atoms with Crippen LogP contribution in [0.4, 0.5) is 0 Å². The first-order valence-corrected chi connectivity index (χ1v) is 13.8. The molecule has 6 nitrogen and oxygen atoms in total. The molecule has 1 saturated carbocycles. The Labute approximate surface area is 231 Å². The fraction of sp³-hybridized carbons (Fsp3) is 0.545. The second-order valence-corrected chi connectivity index (χ2v) is 13.5. The van der Waals surface area contributed by atoms with Crippen molar-refractivity contribution in [3.8, 4) is 0 Å². The van der Waals surface area contributed by atoms with Crippen molar-refractivity contribution in [3.63, 3.8) is 0 Å². The normalized spacial score (nSPS) is 30.3. The maximum absolute atomic E-state index is 15.0. The zero-order valence-corrected chi connectivity index (χ0v) is 24.4. The highest BCUT2D eigenvalue weighted by atomic mass is 16.5. The van der Waals surface area contributed by atoms with Crippen LogP contribution in [0.1, 0.15) is 85.0 Å². The second kappa shape index (κ2) is 9.38. The minimum Gasteiger partial charge on any atom is -0.490 e. The van der Waals surface area contributed by atoms with E-state index in [0.717, 1.165) is 5.57 Å². The summed E-state index contributed by atoms with van der Waals surface area (Å²) in [5, 5.41) is 21.5. The Bertz CT molecular complexity index is 1280. The highest BCUT2D eigenvalue weighted by Gasteiger charge is 2.77. The number of hydrogen-bond acceptors (Lipinski definition) is 6. The lowest BCUT2D eigenvalue weighted by Crippen LogP contribution is -2.69. The molecule has 2 bridgehead atoms. The van der Waals surface area contributed by atoms with Gasteiger partial charge in [0, 0.05) is 17.6 Å². The zero-order valence-electron chi connectivity index (χ0n) is 24.4. The van der Waals surface area contributed by atoms with Gasteiger partial charge >= 0.3 is 0 Å². The van der Waals surface area contributed by atoms with Gasteiger partial charge in [-0.25, -0.2) is 0 Å². The van der Waals surface area contributed by atoms with Gasteiger partial charge in [0.05, 0.1) is 16.6 Å². The van der Waals surface area contributed by atoms with Crippen LogP contribution in [0.5, 0.6) is 0 Å². The summed E-state index contributed by atoms with van der Waals surface area (Å²) in [5.74, 6) is -1.58. The summed E-state index contributed by atoms with van der Waals surface area (Å²) in [4.78, 5) is 44.4. The number of fused-ring (bicyclic) bond motifs is 1. The third-order valence-corrected chi connectivity index (χ3v) is 8.97. The maximum Gasteiger partial charge on any atom is 0.184 e. The van der Waals surface area contributed by atoms with Crippen molar-refractivity contribution < 1.29 is 29.3 Å². The monoisotopic (exact) mass is 534 g/mol. The quantitative estimate of drug-likeness (QED) is 0.271. The van der Waals surface area contributed by atoms with E-state index in [1.54, 1.807) is 64.1 Å². The van der Waals surface area contributed by atoms with E-state index in [-0.39, 0.29) is 12.8 Å². The Morgan fingerprint density at radius 3 is 2.21 bits per heavy atom. The summed E-state index contributed by atoms with van der Waals surface area (Å²) in [6.45, 7) is 14.1. The lowest BCUT2D eigenvalue weighted by molar-refractivity contribution is -0.160. The van der Waals surface area contributed by atoms with Gasteiger partial charge in [0.1, 0.15) is 11.9 Å². The Balaban J connectivity index is 2.08. The van der Waals surface area contributed by atoms with E-state index in [2.05, 4.69) is 0 Å². The van der Waals surface area contributed by atoms with Crippen LogP contribution in [-0.2, 0) is 14.3 Å². The number of aliphatic hydroxyl groups is 2. The van der Waals surface area contributed by atoms with Crippen molar-refractivity contribution in [2.45, 2.75) is 92.0 Å². The minimum atomic E-state index is -1.99. The van der Waals surface area contributed by atoms with E-state index < -0.39 is 56.8 Å². The number of benzene rings is 1. The predicted octanol–water partition coefficient (Wildman–Crippen LogP) is 5.54. The van der Waals surface area contributed by atoms with Crippen molar-refractivity contribution in [1.82, 2.24) is 0 Å². The standard InChI is InChI=1S/C33H42O6/c1-20(2)14-15-23-26(35)33(25(34)21-12-10-9-11-13-21)28(36)32(19-24(31(7,8)38)39-27(23)32)18-22(30(33,5)6)16-17-29(3,4)37/h9-14,16-17,22,24,37-38H,15,18-19H2,1-8H3. The highest BCUT2D eigenvalue weighted by molar-refractivity contribution is 6.36. The molecule has 1 aromatic rings. The summed E-state index contributed by atoms with van der Waals surface area (Å²) in [7, 11) is 0. The molecule has 1 spiro atoms. The predicted molar refractivity (Wildman–Crippen MR) is 150 cm³/mol. The first kappa shape index (κ1) is 29.2. The Hall–Kier alpha value is -2.83. The van der Waals surface area contributed by atoms with Gasteiger partial charge in [0.15, 0.2) is 22.8 Å². The summed E-state index contributed by atoms with van der Waals surface area (Å²) >= 11 is 0. The van der Waals surface area contributed by atoms with Gasteiger partial charge < -0.3 is 14.9 Å². The number of ketones is 3. The molecule has 1 aromatic carbocycles. The van der Waals surface area contributed by atoms with Crippen LogP contribution in [0.2, 0.25) is 0 Å². The van der Waals surface area contributed by atoms with Crippen molar-refractivity contribution in [2.75, 3.05) is 0 Å². The SMILES string of the molecule is CC(C)=CCC1=C2OC(C(C)(C)O)CC23CC(C=CC(C)(C)O)C(C)(C)C(C(=O)c2ccccc2)(C1=O)C3=O. The van der Waals surface area contributed by atoms with Crippen molar-refractivity contribution in [2.24, 2.45) is 22.2 Å². The van der Waals surface area contributed by atoms with Crippen LogP contribution >= 0.6 is 0 Å². The molecule has 0 radical (unpaired) electrons. The first-order valence-electron chi connectivity index (χ1n) is 13.8. The number of hydrogen-bond donors (Lipinski definition) is 2. The third-order valence-electron chi connectivity index (χ3n) is 8.97. The number of carbonyl (C=O) groups excluding carboxylic acids is 3. The minimum absolute atomic E-state index is 0.170. The molecule has 1 heterocycles. The van der Waals surface area contributed by atoms with Gasteiger partial charge in [0.25, 0.3) is 0 Å². The van der Waals surface area contributed by atoms with E-state index in [4.69, 9.17) is 4.74 Å². The van der Waals surface area contributed by atoms with Gasteiger partial charge in [-0.2, -0.15) is 0 Å². The lowest BCUT2D eigenvalue weighted by Gasteiger charge is -2.58. The molecule has 1 saturated heterocycles. The molecule has 3 aliphatic rings. The molecule has 0 aromatic heterocycles. The summed E-state index contributed by atoms with van der Waals surface area (Å²) in [6.07, 6.45) is 5.42. The maximum atomic E-state index is 15.0. The van der Waals surface area contributed by atoms with Crippen molar-refractivity contribution in [3.05, 3.63) is 71.0 Å². The molecular weight excluding hydrogens is 492 g/mol. The third kappa shape index (κ3) is 4.46. The van der Waals surface area contributed by atoms with Crippen LogP contribution in [0.3, 0.4) is 0 Å². The highest BCUT2D eigenvalue weighted by Crippen LogP contribution is 2.68. The Morgan fingerprint density at radius 2 is 1.67 bits per heavy atom. The molecule has 39 heavy (non-hydrogen) atoms. The smallest absolute Gasteiger partial charge is 0.184 e. The topological polar surface area (TPSA) is 101 Å². The first-order chi connectivity index (χ1) is 17.9. The van der Waals surface area contributed by atoms with Gasteiger partial charge in [0.2, 0.25) is 0 Å². The van der Waals surface area contributed by atoms with Gasteiger partial charge in [-0.05, 0) is 65.7 Å².